The van der Waals surface area contributed by atoms with Crippen LogP contribution in [0.25, 0.3) is 5.57 Å². The van der Waals surface area contributed by atoms with Gasteiger partial charge in [0.25, 0.3) is 5.69 Å². The Morgan fingerprint density at radius 1 is 0.821 bits per heavy atom. The first kappa shape index (κ1) is 24.9. The number of benzene rings is 3. The van der Waals surface area contributed by atoms with E-state index in [0.29, 0.717) is 11.5 Å². The highest BCUT2D eigenvalue weighted by molar-refractivity contribution is 6.31. The van der Waals surface area contributed by atoms with Gasteiger partial charge in [0.1, 0.15) is 17.2 Å². The molecule has 1 heterocycles. The van der Waals surface area contributed by atoms with Gasteiger partial charge in [-0.25, -0.2) is 4.90 Å². The second-order valence-electron chi connectivity index (χ2n) is 9.68. The maximum Gasteiger partial charge on any atom is 0.294 e. The number of anilines is 1. The normalized spacial score (nSPS) is 22.8. The molecule has 2 fully saturated rings. The van der Waals surface area contributed by atoms with E-state index in [1.54, 1.807) is 14.2 Å². The monoisotopic (exact) mass is 542 g/mol. The summed E-state index contributed by atoms with van der Waals surface area (Å²) in [6, 6.07) is 19.3. The van der Waals surface area contributed by atoms with E-state index in [-0.39, 0.29) is 28.2 Å². The third kappa shape index (κ3) is 3.82. The number of hydrogen-bond donors (Lipinski definition) is 0. The number of amides is 2. The Kier molecular flexibility index (Phi) is 5.99. The van der Waals surface area contributed by atoms with E-state index in [2.05, 4.69) is 0 Å². The van der Waals surface area contributed by atoms with Crippen LogP contribution in [0.15, 0.2) is 84.5 Å². The lowest BCUT2D eigenvalue weighted by molar-refractivity contribution is -0.384. The zero-order chi connectivity index (χ0) is 27.4. The highest BCUT2D eigenvalue weighted by Gasteiger charge is 2.63. The minimum absolute atomic E-state index is 0.0516. The zero-order valence-electron chi connectivity index (χ0n) is 21.0. The van der Waals surface area contributed by atoms with Crippen molar-refractivity contribution in [1.82, 2.24) is 0 Å². The number of carbonyl (C=O) groups excluding carboxylic acids is 2. The van der Waals surface area contributed by atoms with Gasteiger partial charge in [0.2, 0.25) is 11.8 Å². The summed E-state index contributed by atoms with van der Waals surface area (Å²) in [7, 11) is 3.21. The van der Waals surface area contributed by atoms with Gasteiger partial charge in [0.05, 0.1) is 31.0 Å². The van der Waals surface area contributed by atoms with E-state index in [9.17, 15) is 19.7 Å². The molecular weight excluding hydrogens is 520 g/mol. The van der Waals surface area contributed by atoms with Crippen molar-refractivity contribution in [3.8, 4) is 11.5 Å². The first-order chi connectivity index (χ1) is 18.8. The van der Waals surface area contributed by atoms with E-state index >= 15 is 0 Å². The highest BCUT2D eigenvalue weighted by atomic mass is 35.5. The molecule has 39 heavy (non-hydrogen) atoms. The van der Waals surface area contributed by atoms with Gasteiger partial charge >= 0.3 is 0 Å². The molecule has 0 radical (unpaired) electrons. The third-order valence-corrected chi connectivity index (χ3v) is 8.07. The molecule has 4 atom stereocenters. The molecule has 0 spiro atoms. The molecule has 0 unspecified atom stereocenters. The van der Waals surface area contributed by atoms with Crippen LogP contribution in [0.4, 0.5) is 11.4 Å². The number of fused-ring (bicyclic) bond motifs is 5. The second kappa shape index (κ2) is 9.39. The molecule has 3 aromatic rings. The van der Waals surface area contributed by atoms with E-state index in [1.165, 1.54) is 12.1 Å². The number of imide groups is 1. The van der Waals surface area contributed by atoms with Gasteiger partial charge in [-0.1, -0.05) is 48.0 Å². The SMILES string of the molecule is COc1ccc(C(=C2[C@H]3C=C[C@H]2[C@H]2C(=O)N(c4ccc(Cl)cc4[N+](=O)[O-])C(=O)[C@@H]23)c2ccc(OC)cc2)cc1. The van der Waals surface area contributed by atoms with Crippen LogP contribution >= 0.6 is 11.6 Å². The summed E-state index contributed by atoms with van der Waals surface area (Å²) in [6.07, 6.45) is 3.97. The van der Waals surface area contributed by atoms with Crippen molar-refractivity contribution >= 4 is 40.4 Å². The zero-order valence-corrected chi connectivity index (χ0v) is 21.8. The summed E-state index contributed by atoms with van der Waals surface area (Å²) in [6.45, 7) is 0. The Hall–Kier alpha value is -4.43. The fourth-order valence-corrected chi connectivity index (χ4v) is 6.35. The molecule has 2 bridgehead atoms. The van der Waals surface area contributed by atoms with Crippen molar-refractivity contribution < 1.29 is 24.0 Å². The van der Waals surface area contributed by atoms with Gasteiger partial charge in [-0.2, -0.15) is 0 Å². The van der Waals surface area contributed by atoms with Gasteiger partial charge in [-0.15, -0.1) is 0 Å². The van der Waals surface area contributed by atoms with Crippen molar-refractivity contribution in [2.24, 2.45) is 23.7 Å². The fraction of sp³-hybridized carbons (Fsp3) is 0.200. The Balaban J connectivity index is 1.47. The maximum absolute atomic E-state index is 13.8. The summed E-state index contributed by atoms with van der Waals surface area (Å²) < 4.78 is 10.7. The van der Waals surface area contributed by atoms with Crippen molar-refractivity contribution in [1.29, 1.82) is 0 Å². The van der Waals surface area contributed by atoms with Crippen LogP contribution in [0.5, 0.6) is 11.5 Å². The standard InChI is InChI=1S/C30H23ClN2O6/c1-38-19-8-3-16(4-9-19)25(17-5-10-20(39-2)11-6-17)26-21-12-13-22(26)28-27(21)29(34)32(30(28)35)23-14-7-18(31)15-24(23)33(36)37/h3-15,21-22,27-28H,1-2H3/t21-,22-,27-,28-/m1/s1. The van der Waals surface area contributed by atoms with Crippen LogP contribution in [-0.2, 0) is 9.59 Å². The largest absolute Gasteiger partial charge is 0.497 e. The predicted octanol–water partition coefficient (Wildman–Crippen LogP) is 5.69. The minimum atomic E-state index is -0.649. The lowest BCUT2D eigenvalue weighted by Crippen LogP contribution is -2.33. The van der Waals surface area contributed by atoms with Crippen molar-refractivity contribution in [2.45, 2.75) is 0 Å². The fourth-order valence-electron chi connectivity index (χ4n) is 6.18. The molecule has 0 N–H and O–H groups in total. The van der Waals surface area contributed by atoms with Crippen molar-refractivity contribution in [3.05, 3.63) is 111 Å². The van der Waals surface area contributed by atoms with E-state index in [0.717, 1.165) is 33.2 Å². The maximum atomic E-state index is 13.8. The number of ether oxygens (including phenoxy) is 2. The highest BCUT2D eigenvalue weighted by Crippen LogP contribution is 2.59. The topological polar surface area (TPSA) is 99.0 Å². The summed E-state index contributed by atoms with van der Waals surface area (Å²) >= 11 is 5.98. The first-order valence-electron chi connectivity index (χ1n) is 12.4. The molecule has 2 aliphatic carbocycles. The average molecular weight is 543 g/mol. The number of nitro benzene ring substituents is 1. The smallest absolute Gasteiger partial charge is 0.294 e. The average Bonchev–Trinajstić information content (AvgIpc) is 3.58. The first-order valence-corrected chi connectivity index (χ1v) is 12.7. The number of rotatable bonds is 6. The molecule has 0 aromatic heterocycles. The molecule has 1 saturated heterocycles. The van der Waals surface area contributed by atoms with Crippen molar-refractivity contribution in [2.75, 3.05) is 19.1 Å². The lowest BCUT2D eigenvalue weighted by atomic mass is 9.85. The van der Waals surface area contributed by atoms with Crippen LogP contribution in [-0.4, -0.2) is 31.0 Å². The number of nitrogens with zero attached hydrogens (tertiary/aromatic N) is 2. The second-order valence-corrected chi connectivity index (χ2v) is 10.1. The summed E-state index contributed by atoms with van der Waals surface area (Å²) in [5, 5.41) is 11.9. The molecule has 2 amide bonds. The molecule has 1 saturated carbocycles. The molecule has 196 valence electrons. The molecule has 6 rings (SSSR count). The number of methoxy groups -OCH3 is 2. The van der Waals surface area contributed by atoms with E-state index < -0.39 is 28.6 Å². The van der Waals surface area contributed by atoms with Crippen LogP contribution in [0.2, 0.25) is 5.02 Å². The Morgan fingerprint density at radius 2 is 1.31 bits per heavy atom. The number of carbonyl (C=O) groups is 2. The summed E-state index contributed by atoms with van der Waals surface area (Å²) in [5.41, 5.74) is 3.37. The van der Waals surface area contributed by atoms with Crippen LogP contribution in [0.1, 0.15) is 11.1 Å². The van der Waals surface area contributed by atoms with Crippen LogP contribution in [0.3, 0.4) is 0 Å². The van der Waals surface area contributed by atoms with Gasteiger partial charge in [-0.05, 0) is 58.7 Å². The van der Waals surface area contributed by atoms with Gasteiger partial charge in [0, 0.05) is 22.9 Å². The number of hydrogen-bond acceptors (Lipinski definition) is 6. The quantitative estimate of drug-likeness (QED) is 0.172. The number of halogens is 1. The lowest BCUT2D eigenvalue weighted by Gasteiger charge is -2.22. The van der Waals surface area contributed by atoms with Crippen LogP contribution in [0, 0.1) is 33.8 Å². The summed E-state index contributed by atoms with van der Waals surface area (Å²) in [4.78, 5) is 39.7. The Bertz CT molecular complexity index is 1490. The molecular formula is C30H23ClN2O6. The van der Waals surface area contributed by atoms with Gasteiger partial charge in [-0.3, -0.25) is 19.7 Å². The molecule has 1 aliphatic heterocycles. The molecule has 3 aromatic carbocycles. The molecule has 9 heteroatoms. The summed E-state index contributed by atoms with van der Waals surface area (Å²) in [5.74, 6) is -1.39. The Labute approximate surface area is 229 Å². The van der Waals surface area contributed by atoms with Gasteiger partial charge < -0.3 is 9.47 Å². The van der Waals surface area contributed by atoms with Gasteiger partial charge in [0.15, 0.2) is 0 Å². The predicted molar refractivity (Wildman–Crippen MR) is 146 cm³/mol. The number of nitro groups is 1. The Morgan fingerprint density at radius 3 is 1.74 bits per heavy atom. The number of allylic oxidation sites excluding steroid dienone is 3. The third-order valence-electron chi connectivity index (χ3n) is 7.84. The van der Waals surface area contributed by atoms with Crippen molar-refractivity contribution in [3.63, 3.8) is 0 Å². The van der Waals surface area contributed by atoms with E-state index in [4.69, 9.17) is 21.1 Å². The molecule has 3 aliphatic rings. The minimum Gasteiger partial charge on any atom is -0.497 e. The molecule has 8 nitrogen and oxygen atoms in total. The van der Waals surface area contributed by atoms with Crippen LogP contribution < -0.4 is 14.4 Å². The van der Waals surface area contributed by atoms with E-state index in [1.807, 2.05) is 60.7 Å².